The molecule has 5 nitrogen and oxygen atoms in total. The van der Waals surface area contributed by atoms with Crippen molar-refractivity contribution >= 4 is 18.3 Å². The maximum atomic E-state index is 12.0. The Morgan fingerprint density at radius 1 is 1.21 bits per heavy atom. The molecule has 1 saturated heterocycles. The zero-order valence-electron chi connectivity index (χ0n) is 16.0. The highest BCUT2D eigenvalue weighted by Crippen LogP contribution is 2.20. The molecule has 0 bridgehead atoms. The number of ether oxygens (including phenoxy) is 1. The zero-order chi connectivity index (χ0) is 18.9. The second-order valence-electron chi connectivity index (χ2n) is 7.06. The molecule has 2 aromatic rings. The number of carbonyl (C=O) groups excluding carboxylic acids is 1. The van der Waals surface area contributed by atoms with Gasteiger partial charge in [-0.05, 0) is 55.1 Å². The Kier molecular flexibility index (Phi) is 9.28. The van der Waals surface area contributed by atoms with Crippen molar-refractivity contribution in [3.05, 3.63) is 65.7 Å². The van der Waals surface area contributed by atoms with Gasteiger partial charge in [0.25, 0.3) is 0 Å². The van der Waals surface area contributed by atoms with Gasteiger partial charge in [0, 0.05) is 13.0 Å². The van der Waals surface area contributed by atoms with E-state index in [0.29, 0.717) is 24.7 Å². The van der Waals surface area contributed by atoms with Gasteiger partial charge < -0.3 is 20.5 Å². The van der Waals surface area contributed by atoms with Crippen LogP contribution in [0.15, 0.2) is 54.6 Å². The molecule has 1 aliphatic heterocycles. The maximum Gasteiger partial charge on any atom is 0.220 e. The van der Waals surface area contributed by atoms with Crippen LogP contribution in [0.2, 0.25) is 0 Å². The van der Waals surface area contributed by atoms with E-state index in [1.54, 1.807) is 0 Å². The van der Waals surface area contributed by atoms with Crippen LogP contribution in [0.5, 0.6) is 5.75 Å². The van der Waals surface area contributed by atoms with E-state index in [2.05, 4.69) is 10.6 Å². The van der Waals surface area contributed by atoms with Gasteiger partial charge in [-0.3, -0.25) is 4.79 Å². The summed E-state index contributed by atoms with van der Waals surface area (Å²) in [5.41, 5.74) is 1.83. The summed E-state index contributed by atoms with van der Waals surface area (Å²) in [5.74, 6) is 1.30. The van der Waals surface area contributed by atoms with Gasteiger partial charge in [0.1, 0.15) is 12.4 Å². The van der Waals surface area contributed by atoms with Crippen molar-refractivity contribution in [3.63, 3.8) is 0 Å². The van der Waals surface area contributed by atoms with Gasteiger partial charge in [0.2, 0.25) is 5.91 Å². The average molecular weight is 405 g/mol. The molecule has 3 rings (SSSR count). The number of carbonyl (C=O) groups is 1. The van der Waals surface area contributed by atoms with Crippen LogP contribution < -0.4 is 15.4 Å². The van der Waals surface area contributed by atoms with Crippen molar-refractivity contribution in [2.75, 3.05) is 19.6 Å². The highest BCUT2D eigenvalue weighted by atomic mass is 35.5. The average Bonchev–Trinajstić information content (AvgIpc) is 3.23. The standard InChI is InChI=1S/C22H28N2O3.ClH/c25-21(15-24-22(26)10-9-17-11-12-23-14-17)19-7-4-8-20(13-19)27-16-18-5-2-1-3-6-18;/h1-8,13,17,21,23,25H,9-12,14-16H2,(H,24,26);1H. The maximum absolute atomic E-state index is 12.0. The minimum atomic E-state index is -0.748. The lowest BCUT2D eigenvalue weighted by Crippen LogP contribution is -2.28. The normalized spacial score (nSPS) is 16.8. The first-order valence-corrected chi connectivity index (χ1v) is 9.63. The second-order valence-corrected chi connectivity index (χ2v) is 7.06. The predicted octanol–water partition coefficient (Wildman–Crippen LogP) is 3.23. The van der Waals surface area contributed by atoms with Crippen LogP contribution in [0.4, 0.5) is 0 Å². The molecular formula is C22H29ClN2O3. The molecule has 0 aliphatic carbocycles. The third-order valence-corrected chi connectivity index (χ3v) is 4.93. The van der Waals surface area contributed by atoms with Gasteiger partial charge >= 0.3 is 0 Å². The lowest BCUT2D eigenvalue weighted by molar-refractivity contribution is -0.121. The van der Waals surface area contributed by atoms with E-state index < -0.39 is 6.10 Å². The minimum absolute atomic E-state index is 0. The van der Waals surface area contributed by atoms with Crippen molar-refractivity contribution < 1.29 is 14.6 Å². The van der Waals surface area contributed by atoms with Crippen LogP contribution in [0.3, 0.4) is 0 Å². The summed E-state index contributed by atoms with van der Waals surface area (Å²) in [6.45, 7) is 2.75. The van der Waals surface area contributed by atoms with Crippen LogP contribution >= 0.6 is 12.4 Å². The molecule has 2 atom stereocenters. The van der Waals surface area contributed by atoms with Crippen LogP contribution in [0.1, 0.15) is 36.5 Å². The van der Waals surface area contributed by atoms with Crippen LogP contribution in [-0.2, 0) is 11.4 Å². The summed E-state index contributed by atoms with van der Waals surface area (Å²) >= 11 is 0. The Balaban J connectivity index is 0.00000280. The van der Waals surface area contributed by atoms with E-state index in [1.165, 1.54) is 0 Å². The third kappa shape index (κ3) is 7.15. The van der Waals surface area contributed by atoms with E-state index in [1.807, 2.05) is 54.6 Å². The van der Waals surface area contributed by atoms with E-state index in [9.17, 15) is 9.90 Å². The van der Waals surface area contributed by atoms with Crippen LogP contribution in [0.25, 0.3) is 0 Å². The summed E-state index contributed by atoms with van der Waals surface area (Å²) in [5, 5.41) is 16.5. The molecule has 1 amide bonds. The first-order valence-electron chi connectivity index (χ1n) is 9.63. The molecule has 0 aromatic heterocycles. The van der Waals surface area contributed by atoms with E-state index >= 15 is 0 Å². The zero-order valence-corrected chi connectivity index (χ0v) is 16.8. The SMILES string of the molecule is Cl.O=C(CCC1CCNC1)NCC(O)c1cccc(OCc2ccccc2)c1. The molecule has 1 aliphatic rings. The predicted molar refractivity (Wildman–Crippen MR) is 113 cm³/mol. The summed E-state index contributed by atoms with van der Waals surface area (Å²) < 4.78 is 5.80. The Hall–Kier alpha value is -2.08. The topological polar surface area (TPSA) is 70.6 Å². The smallest absolute Gasteiger partial charge is 0.220 e. The molecular weight excluding hydrogens is 376 g/mol. The van der Waals surface area contributed by atoms with Crippen molar-refractivity contribution in [1.29, 1.82) is 0 Å². The molecule has 3 N–H and O–H groups in total. The molecule has 152 valence electrons. The molecule has 0 radical (unpaired) electrons. The van der Waals surface area contributed by atoms with Crippen molar-refractivity contribution in [3.8, 4) is 5.75 Å². The first kappa shape index (κ1) is 22.2. The molecule has 6 heteroatoms. The lowest BCUT2D eigenvalue weighted by Gasteiger charge is -2.14. The first-order chi connectivity index (χ1) is 13.2. The van der Waals surface area contributed by atoms with E-state index in [0.717, 1.165) is 37.1 Å². The lowest BCUT2D eigenvalue weighted by atomic mass is 10.0. The number of hydrogen-bond acceptors (Lipinski definition) is 4. The second kappa shape index (κ2) is 11.7. The summed E-state index contributed by atoms with van der Waals surface area (Å²) in [7, 11) is 0. The highest BCUT2D eigenvalue weighted by molar-refractivity contribution is 5.85. The number of nitrogens with one attached hydrogen (secondary N) is 2. The third-order valence-electron chi connectivity index (χ3n) is 4.93. The number of aliphatic hydroxyl groups excluding tert-OH is 1. The van der Waals surface area contributed by atoms with Gasteiger partial charge in [-0.15, -0.1) is 12.4 Å². The number of rotatable bonds is 9. The van der Waals surface area contributed by atoms with Crippen molar-refractivity contribution in [2.24, 2.45) is 5.92 Å². The van der Waals surface area contributed by atoms with Crippen LogP contribution in [0, 0.1) is 5.92 Å². The van der Waals surface area contributed by atoms with Crippen molar-refractivity contribution in [2.45, 2.75) is 32.0 Å². The molecule has 2 unspecified atom stereocenters. The molecule has 1 fully saturated rings. The van der Waals surface area contributed by atoms with Gasteiger partial charge in [0.05, 0.1) is 6.10 Å². The van der Waals surface area contributed by atoms with Gasteiger partial charge in [-0.25, -0.2) is 0 Å². The summed E-state index contributed by atoms with van der Waals surface area (Å²) in [6, 6.07) is 17.3. The van der Waals surface area contributed by atoms with Gasteiger partial charge in [0.15, 0.2) is 0 Å². The number of benzene rings is 2. The Bertz CT molecular complexity index is 721. The summed E-state index contributed by atoms with van der Waals surface area (Å²) in [6.07, 6.45) is 1.81. The fraction of sp³-hybridized carbons (Fsp3) is 0.409. The fourth-order valence-corrected chi connectivity index (χ4v) is 3.27. The largest absolute Gasteiger partial charge is 0.489 e. The highest BCUT2D eigenvalue weighted by Gasteiger charge is 2.16. The number of hydrogen-bond donors (Lipinski definition) is 3. The number of aliphatic hydroxyl groups is 1. The quantitative estimate of drug-likeness (QED) is 0.600. The number of halogens is 1. The molecule has 2 aromatic carbocycles. The molecule has 0 spiro atoms. The Labute approximate surface area is 172 Å². The number of amides is 1. The molecule has 0 saturated carbocycles. The fourth-order valence-electron chi connectivity index (χ4n) is 3.27. The Morgan fingerprint density at radius 2 is 2.04 bits per heavy atom. The van der Waals surface area contributed by atoms with E-state index in [-0.39, 0.29) is 24.9 Å². The van der Waals surface area contributed by atoms with Gasteiger partial charge in [-0.2, -0.15) is 0 Å². The molecule has 1 heterocycles. The monoisotopic (exact) mass is 404 g/mol. The van der Waals surface area contributed by atoms with Crippen LogP contribution in [-0.4, -0.2) is 30.6 Å². The summed E-state index contributed by atoms with van der Waals surface area (Å²) in [4.78, 5) is 12.0. The van der Waals surface area contributed by atoms with E-state index in [4.69, 9.17) is 4.74 Å². The van der Waals surface area contributed by atoms with Crippen molar-refractivity contribution in [1.82, 2.24) is 10.6 Å². The molecule has 28 heavy (non-hydrogen) atoms. The Morgan fingerprint density at radius 3 is 2.79 bits per heavy atom. The minimum Gasteiger partial charge on any atom is -0.489 e. The van der Waals surface area contributed by atoms with Gasteiger partial charge in [-0.1, -0.05) is 42.5 Å².